The first-order chi connectivity index (χ1) is 16.4. The van der Waals surface area contributed by atoms with E-state index in [1.165, 1.54) is 0 Å². The molecule has 34 heavy (non-hydrogen) atoms. The van der Waals surface area contributed by atoms with Crippen LogP contribution >= 0.6 is 11.6 Å². The van der Waals surface area contributed by atoms with E-state index in [-0.39, 0.29) is 18.4 Å². The van der Waals surface area contributed by atoms with E-state index in [9.17, 15) is 9.59 Å². The summed E-state index contributed by atoms with van der Waals surface area (Å²) < 4.78 is 7.06. The fourth-order valence-corrected chi connectivity index (χ4v) is 4.30. The van der Waals surface area contributed by atoms with Gasteiger partial charge in [0.2, 0.25) is 5.91 Å². The van der Waals surface area contributed by atoms with Gasteiger partial charge in [0.15, 0.2) is 5.76 Å². The van der Waals surface area contributed by atoms with Crippen molar-refractivity contribution < 1.29 is 14.0 Å². The molecule has 7 nitrogen and oxygen atoms in total. The Morgan fingerprint density at radius 3 is 2.56 bits per heavy atom. The van der Waals surface area contributed by atoms with Crippen LogP contribution in [-0.4, -0.2) is 32.0 Å². The highest BCUT2D eigenvalue weighted by Gasteiger charge is 2.48. The van der Waals surface area contributed by atoms with E-state index < -0.39 is 5.54 Å². The molecular weight excluding hydrogens is 452 g/mol. The molecule has 1 atom stereocenters. The highest BCUT2D eigenvalue weighted by atomic mass is 35.5. The van der Waals surface area contributed by atoms with Crippen LogP contribution < -0.4 is 5.32 Å². The molecule has 0 spiro atoms. The average molecular weight is 475 g/mol. The van der Waals surface area contributed by atoms with Crippen LogP contribution in [0.3, 0.4) is 0 Å². The fraction of sp³-hybridized carbons (Fsp3) is 0.192. The molecule has 2 aromatic carbocycles. The molecule has 0 fully saturated rings. The Morgan fingerprint density at radius 2 is 1.85 bits per heavy atom. The van der Waals surface area contributed by atoms with Crippen molar-refractivity contribution in [3.63, 3.8) is 0 Å². The number of nitrogens with zero attached hydrogens (tertiary/aromatic N) is 3. The molecule has 2 aromatic heterocycles. The third-order valence-corrected chi connectivity index (χ3v) is 6.36. The van der Waals surface area contributed by atoms with Crippen LogP contribution in [0.2, 0.25) is 5.02 Å². The quantitative estimate of drug-likeness (QED) is 0.445. The number of aromatic nitrogens is 2. The summed E-state index contributed by atoms with van der Waals surface area (Å²) >= 11 is 5.97. The Labute approximate surface area is 201 Å². The first kappa shape index (κ1) is 22.0. The monoisotopic (exact) mass is 474 g/mol. The van der Waals surface area contributed by atoms with Crippen LogP contribution in [0.4, 0.5) is 0 Å². The first-order valence-electron chi connectivity index (χ1n) is 10.9. The summed E-state index contributed by atoms with van der Waals surface area (Å²) in [5.74, 6) is 0.0511. The molecule has 3 heterocycles. The molecule has 2 amide bonds. The lowest BCUT2D eigenvalue weighted by atomic mass is 9.94. The maximum absolute atomic E-state index is 13.7. The van der Waals surface area contributed by atoms with Gasteiger partial charge in [-0.1, -0.05) is 54.1 Å². The zero-order valence-corrected chi connectivity index (χ0v) is 19.3. The Balaban J connectivity index is 1.47. The summed E-state index contributed by atoms with van der Waals surface area (Å²) in [6.45, 7) is 2.62. The van der Waals surface area contributed by atoms with E-state index in [2.05, 4.69) is 10.4 Å². The topological polar surface area (TPSA) is 80.4 Å². The molecule has 0 saturated carbocycles. The summed E-state index contributed by atoms with van der Waals surface area (Å²) in [7, 11) is 0. The second-order valence-electron chi connectivity index (χ2n) is 8.51. The Kier molecular flexibility index (Phi) is 5.71. The van der Waals surface area contributed by atoms with Gasteiger partial charge in [0.1, 0.15) is 16.9 Å². The fourth-order valence-electron chi connectivity index (χ4n) is 4.18. The van der Waals surface area contributed by atoms with E-state index in [4.69, 9.17) is 16.0 Å². The number of carbonyl (C=O) groups excluding carboxylic acids is 2. The predicted molar refractivity (Wildman–Crippen MR) is 128 cm³/mol. The molecule has 4 aromatic rings. The molecule has 0 radical (unpaired) electrons. The van der Waals surface area contributed by atoms with Crippen LogP contribution in [-0.2, 0) is 24.4 Å². The van der Waals surface area contributed by atoms with Crippen LogP contribution in [0.5, 0.6) is 0 Å². The highest BCUT2D eigenvalue weighted by Crippen LogP contribution is 2.31. The largest absolute Gasteiger partial charge is 0.463 e. The second kappa shape index (κ2) is 8.83. The summed E-state index contributed by atoms with van der Waals surface area (Å²) in [6.07, 6.45) is 1.56. The third kappa shape index (κ3) is 4.10. The standard InChI is InChI=1S/C26H23ClN4O3/c1-26(25(33)28-15-18-9-11-20(27)12-10-18)17-31-22(14-21(29-31)23-8-5-13-34-23)24(32)30(26)16-19-6-3-2-4-7-19/h2-14H,15-17H2,1H3,(H,28,33). The lowest BCUT2D eigenvalue weighted by Crippen LogP contribution is -2.63. The van der Waals surface area contributed by atoms with Crippen molar-refractivity contribution in [2.75, 3.05) is 0 Å². The smallest absolute Gasteiger partial charge is 0.273 e. The van der Waals surface area contributed by atoms with Crippen LogP contribution in [0.1, 0.15) is 28.5 Å². The molecule has 1 aliphatic rings. The van der Waals surface area contributed by atoms with Crippen molar-refractivity contribution in [3.8, 4) is 11.5 Å². The average Bonchev–Trinajstić information content (AvgIpc) is 3.52. The lowest BCUT2D eigenvalue weighted by Gasteiger charge is -2.43. The van der Waals surface area contributed by atoms with Gasteiger partial charge in [0.05, 0.1) is 12.8 Å². The van der Waals surface area contributed by atoms with Crippen LogP contribution in [0.15, 0.2) is 83.5 Å². The minimum absolute atomic E-state index is 0.216. The van der Waals surface area contributed by atoms with E-state index >= 15 is 0 Å². The molecule has 0 aliphatic carbocycles. The minimum atomic E-state index is -1.15. The number of fused-ring (bicyclic) bond motifs is 1. The van der Waals surface area contributed by atoms with E-state index in [0.29, 0.717) is 35.3 Å². The number of furan rings is 1. The van der Waals surface area contributed by atoms with E-state index in [0.717, 1.165) is 11.1 Å². The molecular formula is C26H23ClN4O3. The number of halogens is 1. The summed E-state index contributed by atoms with van der Waals surface area (Å²) in [5.41, 5.74) is 1.67. The predicted octanol–water partition coefficient (Wildman–Crippen LogP) is 4.53. The number of hydrogen-bond donors (Lipinski definition) is 1. The summed E-state index contributed by atoms with van der Waals surface area (Å²) in [5, 5.41) is 8.20. The van der Waals surface area contributed by atoms with E-state index in [1.807, 2.05) is 42.5 Å². The van der Waals surface area contributed by atoms with Crippen molar-refractivity contribution in [2.24, 2.45) is 0 Å². The molecule has 1 N–H and O–H groups in total. The molecule has 172 valence electrons. The molecule has 1 aliphatic heterocycles. The molecule has 0 saturated heterocycles. The number of benzene rings is 2. The lowest BCUT2D eigenvalue weighted by molar-refractivity contribution is -0.133. The Hall–Kier alpha value is -3.84. The van der Waals surface area contributed by atoms with Crippen molar-refractivity contribution in [1.29, 1.82) is 0 Å². The van der Waals surface area contributed by atoms with Gasteiger partial charge < -0.3 is 14.6 Å². The zero-order chi connectivity index (χ0) is 23.7. The van der Waals surface area contributed by atoms with Gasteiger partial charge in [-0.3, -0.25) is 14.3 Å². The minimum Gasteiger partial charge on any atom is -0.463 e. The zero-order valence-electron chi connectivity index (χ0n) is 18.6. The first-order valence-corrected chi connectivity index (χ1v) is 11.3. The van der Waals surface area contributed by atoms with Gasteiger partial charge >= 0.3 is 0 Å². The molecule has 8 heteroatoms. The highest BCUT2D eigenvalue weighted by molar-refractivity contribution is 6.30. The van der Waals surface area contributed by atoms with Crippen LogP contribution in [0.25, 0.3) is 11.5 Å². The van der Waals surface area contributed by atoms with Crippen molar-refractivity contribution in [1.82, 2.24) is 20.0 Å². The Bertz CT molecular complexity index is 1320. The van der Waals surface area contributed by atoms with Gasteiger partial charge in [-0.05, 0) is 42.3 Å². The van der Waals surface area contributed by atoms with Gasteiger partial charge in [0, 0.05) is 24.2 Å². The molecule has 5 rings (SSSR count). The number of amides is 2. The number of carbonyl (C=O) groups is 2. The van der Waals surface area contributed by atoms with Gasteiger partial charge in [-0.2, -0.15) is 5.10 Å². The van der Waals surface area contributed by atoms with Crippen molar-refractivity contribution in [2.45, 2.75) is 32.1 Å². The summed E-state index contributed by atoms with van der Waals surface area (Å²) in [4.78, 5) is 28.9. The molecule has 0 bridgehead atoms. The van der Waals surface area contributed by atoms with Crippen molar-refractivity contribution >= 4 is 23.4 Å². The summed E-state index contributed by atoms with van der Waals surface area (Å²) in [6, 6.07) is 22.2. The number of hydrogen-bond acceptors (Lipinski definition) is 4. The van der Waals surface area contributed by atoms with E-state index in [1.54, 1.807) is 53.1 Å². The second-order valence-corrected chi connectivity index (χ2v) is 8.95. The number of nitrogens with one attached hydrogen (secondary N) is 1. The molecule has 1 unspecified atom stereocenters. The van der Waals surface area contributed by atoms with Crippen LogP contribution in [0, 0.1) is 0 Å². The van der Waals surface area contributed by atoms with Gasteiger partial charge in [-0.15, -0.1) is 0 Å². The SMILES string of the molecule is CC1(C(=O)NCc2ccc(Cl)cc2)Cn2nc(-c3ccco3)cc2C(=O)N1Cc1ccccc1. The maximum atomic E-state index is 13.7. The van der Waals surface area contributed by atoms with Gasteiger partial charge in [-0.25, -0.2) is 0 Å². The third-order valence-electron chi connectivity index (χ3n) is 6.11. The van der Waals surface area contributed by atoms with Gasteiger partial charge in [0.25, 0.3) is 5.91 Å². The maximum Gasteiger partial charge on any atom is 0.273 e. The Morgan fingerprint density at radius 1 is 1.09 bits per heavy atom. The van der Waals surface area contributed by atoms with Crippen molar-refractivity contribution in [3.05, 3.63) is 101 Å². The number of rotatable bonds is 6. The normalized spacial score (nSPS) is 17.5.